The average molecular weight is 370 g/mol. The van der Waals surface area contributed by atoms with Gasteiger partial charge < -0.3 is 19.5 Å². The summed E-state index contributed by atoms with van der Waals surface area (Å²) in [4.78, 5) is 30.7. The van der Waals surface area contributed by atoms with E-state index in [1.165, 1.54) is 6.92 Å². The number of aliphatic carboxylic acids is 1. The molecule has 1 N–H and O–H groups in total. The first-order valence-electron chi connectivity index (χ1n) is 8.79. The number of anilines is 1. The first-order chi connectivity index (χ1) is 13.0. The second-order valence-electron chi connectivity index (χ2n) is 6.43. The number of benzene rings is 1. The van der Waals surface area contributed by atoms with E-state index < -0.39 is 17.4 Å². The van der Waals surface area contributed by atoms with Gasteiger partial charge in [0.25, 0.3) is 0 Å². The summed E-state index contributed by atoms with van der Waals surface area (Å²) >= 11 is 0. The molecule has 0 spiro atoms. The fourth-order valence-corrected chi connectivity index (χ4v) is 3.05. The molecule has 3 rings (SSSR count). The van der Waals surface area contributed by atoms with Gasteiger partial charge in [-0.25, -0.2) is 4.98 Å². The quantitative estimate of drug-likeness (QED) is 0.638. The van der Waals surface area contributed by atoms with Gasteiger partial charge in [-0.2, -0.15) is 0 Å². The standard InChI is InChI=1S/C20H22N2O5/c1-3-26-19(25)20(2,18(23)24)15-7-8-16-14(12-15)13-22(10-11-27-16)17-6-4-5-9-21-17/h4-9,12H,3,10-11,13H2,1-2H3,(H,23,24). The Hall–Kier alpha value is -3.09. The Morgan fingerprint density at radius 2 is 2.15 bits per heavy atom. The Labute approximate surface area is 157 Å². The number of fused-ring (bicyclic) bond motifs is 1. The van der Waals surface area contributed by atoms with E-state index in [0.717, 1.165) is 11.4 Å². The number of carbonyl (C=O) groups is 2. The van der Waals surface area contributed by atoms with E-state index >= 15 is 0 Å². The van der Waals surface area contributed by atoms with Crippen LogP contribution in [0.4, 0.5) is 5.82 Å². The van der Waals surface area contributed by atoms with Gasteiger partial charge in [0.15, 0.2) is 5.41 Å². The number of esters is 1. The maximum Gasteiger partial charge on any atom is 0.327 e. The van der Waals surface area contributed by atoms with Crippen LogP contribution in [0.2, 0.25) is 0 Å². The van der Waals surface area contributed by atoms with Gasteiger partial charge in [-0.15, -0.1) is 0 Å². The highest BCUT2D eigenvalue weighted by Crippen LogP contribution is 2.32. The molecule has 1 aliphatic heterocycles. The second kappa shape index (κ2) is 7.65. The Morgan fingerprint density at radius 3 is 2.81 bits per heavy atom. The van der Waals surface area contributed by atoms with E-state index in [0.29, 0.717) is 31.0 Å². The number of nitrogens with zero attached hydrogens (tertiary/aromatic N) is 2. The monoisotopic (exact) mass is 370 g/mol. The lowest BCUT2D eigenvalue weighted by Gasteiger charge is -2.25. The summed E-state index contributed by atoms with van der Waals surface area (Å²) in [6, 6.07) is 10.7. The minimum Gasteiger partial charge on any atom is -0.491 e. The normalized spacial score (nSPS) is 15.7. The van der Waals surface area contributed by atoms with E-state index in [9.17, 15) is 14.7 Å². The number of carboxylic acids is 1. The third-order valence-corrected chi connectivity index (χ3v) is 4.70. The Balaban J connectivity index is 1.99. The SMILES string of the molecule is CCOC(=O)C(C)(C(=O)O)c1ccc2c(c1)CN(c1ccccn1)CCO2. The molecule has 1 aromatic carbocycles. The minimum atomic E-state index is -1.78. The van der Waals surface area contributed by atoms with Gasteiger partial charge in [0, 0.05) is 18.3 Å². The van der Waals surface area contributed by atoms with Crippen molar-refractivity contribution < 1.29 is 24.2 Å². The van der Waals surface area contributed by atoms with Crippen LogP contribution in [0.15, 0.2) is 42.6 Å². The molecule has 1 unspecified atom stereocenters. The van der Waals surface area contributed by atoms with E-state index in [1.54, 1.807) is 31.3 Å². The number of rotatable bonds is 5. The van der Waals surface area contributed by atoms with Crippen molar-refractivity contribution in [2.24, 2.45) is 0 Å². The van der Waals surface area contributed by atoms with Crippen molar-refractivity contribution in [3.8, 4) is 5.75 Å². The third kappa shape index (κ3) is 3.58. The molecule has 7 heteroatoms. The molecular weight excluding hydrogens is 348 g/mol. The number of aromatic nitrogens is 1. The van der Waals surface area contributed by atoms with Gasteiger partial charge in [-0.1, -0.05) is 12.1 Å². The zero-order valence-corrected chi connectivity index (χ0v) is 15.3. The third-order valence-electron chi connectivity index (χ3n) is 4.70. The molecule has 0 aliphatic carbocycles. The van der Waals surface area contributed by atoms with E-state index in [1.807, 2.05) is 18.2 Å². The van der Waals surface area contributed by atoms with Gasteiger partial charge in [0.1, 0.15) is 18.2 Å². The van der Waals surface area contributed by atoms with Gasteiger partial charge in [-0.05, 0) is 43.7 Å². The summed E-state index contributed by atoms with van der Waals surface area (Å²) in [5.74, 6) is -0.551. The first-order valence-corrected chi connectivity index (χ1v) is 8.79. The van der Waals surface area contributed by atoms with Crippen molar-refractivity contribution in [2.45, 2.75) is 25.8 Å². The molecule has 0 amide bonds. The number of carboxylic acid groups (broad SMARTS) is 1. The molecule has 27 heavy (non-hydrogen) atoms. The number of ether oxygens (including phenoxy) is 2. The summed E-state index contributed by atoms with van der Waals surface area (Å²) in [6.07, 6.45) is 1.72. The van der Waals surface area contributed by atoms with Crippen LogP contribution in [0.25, 0.3) is 0 Å². The highest BCUT2D eigenvalue weighted by Gasteiger charge is 2.45. The number of carbonyl (C=O) groups excluding carboxylic acids is 1. The van der Waals surface area contributed by atoms with Gasteiger partial charge in [-0.3, -0.25) is 9.59 Å². The fraction of sp³-hybridized carbons (Fsp3) is 0.350. The lowest BCUT2D eigenvalue weighted by molar-refractivity contribution is -0.160. The number of pyridine rings is 1. The van der Waals surface area contributed by atoms with E-state index in [2.05, 4.69) is 9.88 Å². The molecule has 1 aliphatic rings. The lowest BCUT2D eigenvalue weighted by Crippen LogP contribution is -2.42. The summed E-state index contributed by atoms with van der Waals surface area (Å²) in [6.45, 7) is 4.76. The fourth-order valence-electron chi connectivity index (χ4n) is 3.05. The largest absolute Gasteiger partial charge is 0.491 e. The summed E-state index contributed by atoms with van der Waals surface area (Å²) < 4.78 is 10.8. The molecule has 2 heterocycles. The predicted molar refractivity (Wildman–Crippen MR) is 98.8 cm³/mol. The van der Waals surface area contributed by atoms with Crippen LogP contribution in [-0.2, 0) is 26.3 Å². The Morgan fingerprint density at radius 1 is 1.33 bits per heavy atom. The van der Waals surface area contributed by atoms with Crippen LogP contribution < -0.4 is 9.64 Å². The summed E-state index contributed by atoms with van der Waals surface area (Å²) in [7, 11) is 0. The Kier molecular flexibility index (Phi) is 5.30. The maximum atomic E-state index is 12.4. The van der Waals surface area contributed by atoms with Crippen LogP contribution in [0, 0.1) is 0 Å². The van der Waals surface area contributed by atoms with Crippen LogP contribution in [0.5, 0.6) is 5.75 Å². The second-order valence-corrected chi connectivity index (χ2v) is 6.43. The molecular formula is C20H22N2O5. The molecule has 0 bridgehead atoms. The zero-order valence-electron chi connectivity index (χ0n) is 15.3. The lowest BCUT2D eigenvalue weighted by atomic mass is 9.81. The van der Waals surface area contributed by atoms with Crippen molar-refractivity contribution in [3.05, 3.63) is 53.7 Å². The van der Waals surface area contributed by atoms with Gasteiger partial charge in [0.2, 0.25) is 0 Å². The summed E-state index contributed by atoms with van der Waals surface area (Å²) in [5.41, 5.74) is -0.626. The van der Waals surface area contributed by atoms with Crippen molar-refractivity contribution >= 4 is 17.8 Å². The predicted octanol–water partition coefficient (Wildman–Crippen LogP) is 2.39. The molecule has 142 valence electrons. The number of hydrogen-bond acceptors (Lipinski definition) is 6. The van der Waals surface area contributed by atoms with Crippen LogP contribution in [0.3, 0.4) is 0 Å². The maximum absolute atomic E-state index is 12.4. The number of hydrogen-bond donors (Lipinski definition) is 1. The van der Waals surface area contributed by atoms with Crippen LogP contribution >= 0.6 is 0 Å². The van der Waals surface area contributed by atoms with Gasteiger partial charge in [0.05, 0.1) is 13.2 Å². The molecule has 7 nitrogen and oxygen atoms in total. The molecule has 2 aromatic rings. The van der Waals surface area contributed by atoms with Crippen molar-refractivity contribution in [1.29, 1.82) is 0 Å². The Bertz CT molecular complexity index is 840. The average Bonchev–Trinajstić information content (AvgIpc) is 2.89. The minimum absolute atomic E-state index is 0.114. The first kappa shape index (κ1) is 18.7. The molecule has 0 saturated heterocycles. The van der Waals surface area contributed by atoms with Crippen LogP contribution in [0.1, 0.15) is 25.0 Å². The molecule has 1 aromatic heterocycles. The molecule has 0 saturated carbocycles. The van der Waals surface area contributed by atoms with Crippen molar-refractivity contribution in [2.75, 3.05) is 24.7 Å². The topological polar surface area (TPSA) is 89.0 Å². The summed E-state index contributed by atoms with van der Waals surface area (Å²) in [5, 5.41) is 9.72. The highest BCUT2D eigenvalue weighted by atomic mass is 16.5. The van der Waals surface area contributed by atoms with E-state index in [4.69, 9.17) is 9.47 Å². The smallest absolute Gasteiger partial charge is 0.327 e. The molecule has 0 fully saturated rings. The molecule has 1 atom stereocenters. The van der Waals surface area contributed by atoms with Gasteiger partial charge >= 0.3 is 11.9 Å². The zero-order chi connectivity index (χ0) is 19.4. The van der Waals surface area contributed by atoms with E-state index in [-0.39, 0.29) is 6.61 Å². The van der Waals surface area contributed by atoms with Crippen molar-refractivity contribution in [3.63, 3.8) is 0 Å². The van der Waals surface area contributed by atoms with Crippen LogP contribution in [-0.4, -0.2) is 41.8 Å². The molecule has 0 radical (unpaired) electrons. The highest BCUT2D eigenvalue weighted by molar-refractivity contribution is 6.05. The van der Waals surface area contributed by atoms with Crippen molar-refractivity contribution in [1.82, 2.24) is 4.98 Å².